The summed E-state index contributed by atoms with van der Waals surface area (Å²) in [7, 11) is 1.91. The van der Waals surface area contributed by atoms with Crippen LogP contribution in [0.5, 0.6) is 0 Å². The van der Waals surface area contributed by atoms with E-state index in [4.69, 9.17) is 0 Å². The second kappa shape index (κ2) is 9.28. The summed E-state index contributed by atoms with van der Waals surface area (Å²) < 4.78 is 3.17. The minimum atomic E-state index is -0.286. The SMILES string of the molecule is Cc1nn(C)c(C)c1C[C@@H](C)NC(=O)c1ccc(=O)n(CC(=O)N2CCCCC2)c1. The molecule has 0 aromatic carbocycles. The zero-order valence-corrected chi connectivity index (χ0v) is 18.3. The number of amides is 2. The summed E-state index contributed by atoms with van der Waals surface area (Å²) in [4.78, 5) is 39.2. The molecule has 2 aromatic rings. The predicted octanol–water partition coefficient (Wildman–Crippen LogP) is 1.57. The number of piperidine rings is 1. The van der Waals surface area contributed by atoms with E-state index in [-0.39, 0.29) is 30.0 Å². The maximum absolute atomic E-state index is 12.7. The van der Waals surface area contributed by atoms with E-state index in [9.17, 15) is 14.4 Å². The van der Waals surface area contributed by atoms with Crippen molar-refractivity contribution in [3.8, 4) is 0 Å². The van der Waals surface area contributed by atoms with Crippen molar-refractivity contribution in [1.82, 2.24) is 24.6 Å². The average molecular weight is 414 g/mol. The van der Waals surface area contributed by atoms with E-state index in [0.717, 1.165) is 49.3 Å². The molecule has 3 heterocycles. The number of nitrogens with zero attached hydrogens (tertiary/aromatic N) is 4. The Labute approximate surface area is 176 Å². The number of hydrogen-bond donors (Lipinski definition) is 1. The minimum Gasteiger partial charge on any atom is -0.349 e. The van der Waals surface area contributed by atoms with Crippen LogP contribution in [0.25, 0.3) is 0 Å². The summed E-state index contributed by atoms with van der Waals surface area (Å²) in [6.07, 6.45) is 5.28. The number of aromatic nitrogens is 3. The molecule has 2 amide bonds. The van der Waals surface area contributed by atoms with E-state index in [1.807, 2.05) is 32.5 Å². The smallest absolute Gasteiger partial charge is 0.252 e. The number of nitrogens with one attached hydrogen (secondary N) is 1. The topological polar surface area (TPSA) is 89.2 Å². The van der Waals surface area contributed by atoms with Crippen LogP contribution in [0.4, 0.5) is 0 Å². The van der Waals surface area contributed by atoms with Crippen LogP contribution in [-0.4, -0.2) is 50.2 Å². The lowest BCUT2D eigenvalue weighted by Gasteiger charge is -2.27. The van der Waals surface area contributed by atoms with Crippen molar-refractivity contribution in [1.29, 1.82) is 0 Å². The van der Waals surface area contributed by atoms with Gasteiger partial charge in [0.05, 0.1) is 11.3 Å². The molecular weight excluding hydrogens is 382 g/mol. The molecule has 0 radical (unpaired) electrons. The van der Waals surface area contributed by atoms with Crippen molar-refractivity contribution in [2.24, 2.45) is 7.05 Å². The average Bonchev–Trinajstić information content (AvgIpc) is 2.96. The largest absolute Gasteiger partial charge is 0.349 e. The van der Waals surface area contributed by atoms with Gasteiger partial charge in [-0.25, -0.2) is 0 Å². The highest BCUT2D eigenvalue weighted by molar-refractivity contribution is 5.94. The predicted molar refractivity (Wildman–Crippen MR) is 114 cm³/mol. The monoisotopic (exact) mass is 413 g/mol. The van der Waals surface area contributed by atoms with Gasteiger partial charge in [0.25, 0.3) is 11.5 Å². The molecule has 0 bridgehead atoms. The standard InChI is InChI=1S/C22H31N5O3/c1-15(12-19-16(2)24-25(4)17(19)3)23-22(30)18-8-9-20(28)27(13-18)14-21(29)26-10-6-5-7-11-26/h8-9,13,15H,5-7,10-12,14H2,1-4H3,(H,23,30)/t15-/m1/s1. The summed E-state index contributed by atoms with van der Waals surface area (Å²) in [6, 6.07) is 2.75. The Balaban J connectivity index is 1.66. The van der Waals surface area contributed by atoms with Gasteiger partial charge in [0.15, 0.2) is 0 Å². The van der Waals surface area contributed by atoms with Crippen LogP contribution in [0, 0.1) is 13.8 Å². The second-order valence-electron chi connectivity index (χ2n) is 8.18. The Morgan fingerprint density at radius 3 is 2.50 bits per heavy atom. The lowest BCUT2D eigenvalue weighted by Crippen LogP contribution is -2.40. The van der Waals surface area contributed by atoms with Gasteiger partial charge in [-0.2, -0.15) is 5.10 Å². The van der Waals surface area contributed by atoms with E-state index < -0.39 is 0 Å². The summed E-state index contributed by atoms with van der Waals surface area (Å²) in [5, 5.41) is 7.40. The summed E-state index contributed by atoms with van der Waals surface area (Å²) >= 11 is 0. The Hall–Kier alpha value is -2.90. The molecule has 0 unspecified atom stereocenters. The van der Waals surface area contributed by atoms with Gasteiger partial charge in [-0.15, -0.1) is 0 Å². The third-order valence-corrected chi connectivity index (χ3v) is 5.81. The number of pyridine rings is 1. The van der Waals surface area contributed by atoms with Gasteiger partial charge in [-0.05, 0) is 58.1 Å². The molecule has 1 aliphatic heterocycles. The zero-order chi connectivity index (χ0) is 21.8. The second-order valence-corrected chi connectivity index (χ2v) is 8.18. The first-order chi connectivity index (χ1) is 14.3. The molecule has 0 saturated carbocycles. The van der Waals surface area contributed by atoms with Gasteiger partial charge in [0.2, 0.25) is 5.91 Å². The van der Waals surface area contributed by atoms with Gasteiger partial charge in [-0.1, -0.05) is 0 Å². The Morgan fingerprint density at radius 2 is 1.87 bits per heavy atom. The van der Waals surface area contributed by atoms with E-state index in [2.05, 4.69) is 10.4 Å². The maximum Gasteiger partial charge on any atom is 0.252 e. The Morgan fingerprint density at radius 1 is 1.17 bits per heavy atom. The third-order valence-electron chi connectivity index (χ3n) is 5.81. The first kappa shape index (κ1) is 21.8. The van der Waals surface area contributed by atoms with E-state index in [1.54, 1.807) is 4.90 Å². The van der Waals surface area contributed by atoms with Crippen LogP contribution in [0.1, 0.15) is 53.5 Å². The molecule has 1 atom stereocenters. The number of aryl methyl sites for hydroxylation is 2. The number of likely N-dealkylation sites (tertiary alicyclic amines) is 1. The molecule has 8 heteroatoms. The molecule has 0 aliphatic carbocycles. The maximum atomic E-state index is 12.7. The molecule has 1 fully saturated rings. The molecular formula is C22H31N5O3. The molecule has 30 heavy (non-hydrogen) atoms. The van der Waals surface area contributed by atoms with Crippen LogP contribution in [0.3, 0.4) is 0 Å². The van der Waals surface area contributed by atoms with Crippen molar-refractivity contribution < 1.29 is 9.59 Å². The normalized spacial score (nSPS) is 15.1. The van der Waals surface area contributed by atoms with E-state index in [0.29, 0.717) is 12.0 Å². The van der Waals surface area contributed by atoms with Gasteiger partial charge in [-0.3, -0.25) is 19.1 Å². The first-order valence-corrected chi connectivity index (χ1v) is 10.5. The van der Waals surface area contributed by atoms with Crippen LogP contribution < -0.4 is 10.9 Å². The molecule has 1 saturated heterocycles. The number of carbonyl (C=O) groups excluding carboxylic acids is 2. The Bertz CT molecular complexity index is 985. The van der Waals surface area contributed by atoms with Crippen LogP contribution >= 0.6 is 0 Å². The number of carbonyl (C=O) groups is 2. The fourth-order valence-corrected chi connectivity index (χ4v) is 3.96. The Kier molecular flexibility index (Phi) is 6.74. The highest BCUT2D eigenvalue weighted by atomic mass is 16.2. The first-order valence-electron chi connectivity index (χ1n) is 10.5. The fraction of sp³-hybridized carbons (Fsp3) is 0.545. The summed E-state index contributed by atoms with van der Waals surface area (Å²) in [6.45, 7) is 7.35. The molecule has 2 aromatic heterocycles. The highest BCUT2D eigenvalue weighted by Crippen LogP contribution is 2.14. The van der Waals surface area contributed by atoms with E-state index in [1.165, 1.54) is 22.9 Å². The van der Waals surface area contributed by atoms with Gasteiger partial charge < -0.3 is 14.8 Å². The summed E-state index contributed by atoms with van der Waals surface area (Å²) in [5.41, 5.74) is 3.25. The summed E-state index contributed by atoms with van der Waals surface area (Å²) in [5.74, 6) is -0.342. The van der Waals surface area contributed by atoms with E-state index >= 15 is 0 Å². The number of hydrogen-bond acceptors (Lipinski definition) is 4. The van der Waals surface area contributed by atoms with Gasteiger partial charge >= 0.3 is 0 Å². The van der Waals surface area contributed by atoms with Gasteiger partial charge in [0, 0.05) is 44.1 Å². The molecule has 1 N–H and O–H groups in total. The fourth-order valence-electron chi connectivity index (χ4n) is 3.96. The zero-order valence-electron chi connectivity index (χ0n) is 18.3. The van der Waals surface area contributed by atoms with Crippen molar-refractivity contribution >= 4 is 11.8 Å². The van der Waals surface area contributed by atoms with Crippen LogP contribution in [-0.2, 0) is 24.8 Å². The van der Waals surface area contributed by atoms with Crippen molar-refractivity contribution in [2.45, 2.75) is 59.0 Å². The number of rotatable bonds is 6. The highest BCUT2D eigenvalue weighted by Gasteiger charge is 2.19. The van der Waals surface area contributed by atoms with Crippen molar-refractivity contribution in [3.63, 3.8) is 0 Å². The lowest BCUT2D eigenvalue weighted by atomic mass is 10.0. The minimum absolute atomic E-state index is 0.0381. The van der Waals surface area contributed by atoms with Crippen LogP contribution in [0.2, 0.25) is 0 Å². The molecule has 0 spiro atoms. The molecule has 1 aliphatic rings. The van der Waals surface area contributed by atoms with Gasteiger partial charge in [0.1, 0.15) is 6.54 Å². The van der Waals surface area contributed by atoms with Crippen LogP contribution in [0.15, 0.2) is 23.1 Å². The third kappa shape index (κ3) is 4.98. The molecule has 162 valence electrons. The quantitative estimate of drug-likeness (QED) is 0.779. The molecule has 3 rings (SSSR count). The lowest BCUT2D eigenvalue weighted by molar-refractivity contribution is -0.132. The van der Waals surface area contributed by atoms with Crippen molar-refractivity contribution in [3.05, 3.63) is 51.2 Å². The van der Waals surface area contributed by atoms with Crippen molar-refractivity contribution in [2.75, 3.05) is 13.1 Å². The molecule has 8 nitrogen and oxygen atoms in total.